The maximum Gasteiger partial charge on any atom is 0.320 e. The summed E-state index contributed by atoms with van der Waals surface area (Å²) >= 11 is 0. The van der Waals surface area contributed by atoms with Gasteiger partial charge in [0.1, 0.15) is 5.82 Å². The van der Waals surface area contributed by atoms with Gasteiger partial charge in [0, 0.05) is 45.0 Å². The van der Waals surface area contributed by atoms with E-state index in [2.05, 4.69) is 33.9 Å². The molecule has 3 atom stereocenters. The van der Waals surface area contributed by atoms with E-state index in [9.17, 15) is 9.59 Å². The van der Waals surface area contributed by atoms with Crippen molar-refractivity contribution in [3.05, 3.63) is 53.9 Å². The number of amides is 3. The highest BCUT2D eigenvalue weighted by atomic mass is 16.2. The highest BCUT2D eigenvalue weighted by Crippen LogP contribution is 2.34. The molecule has 1 aliphatic carbocycles. The molecule has 3 aliphatic rings. The molecular formula is C28H38N8O2. The van der Waals surface area contributed by atoms with E-state index in [0.717, 1.165) is 63.8 Å². The summed E-state index contributed by atoms with van der Waals surface area (Å²) in [4.78, 5) is 39.6. The van der Waals surface area contributed by atoms with E-state index >= 15 is 0 Å². The number of nitrogens with one attached hydrogen (secondary N) is 1. The maximum absolute atomic E-state index is 12.5. The van der Waals surface area contributed by atoms with Crippen LogP contribution in [0.5, 0.6) is 0 Å². The van der Waals surface area contributed by atoms with Crippen LogP contribution in [0.15, 0.2) is 42.6 Å². The fourth-order valence-corrected chi connectivity index (χ4v) is 5.91. The zero-order valence-corrected chi connectivity index (χ0v) is 22.1. The maximum atomic E-state index is 12.5. The van der Waals surface area contributed by atoms with Crippen LogP contribution >= 0.6 is 0 Å². The predicted molar refractivity (Wildman–Crippen MR) is 149 cm³/mol. The Hall–Kier alpha value is -3.66. The molecule has 2 aliphatic heterocycles. The van der Waals surface area contributed by atoms with Gasteiger partial charge in [0.2, 0.25) is 0 Å². The molecule has 1 aromatic carbocycles. The molecule has 1 aromatic heterocycles. The molecule has 202 valence electrons. The largest absolute Gasteiger partial charge is 0.364 e. The number of anilines is 3. The third-order valence-corrected chi connectivity index (χ3v) is 8.02. The lowest BCUT2D eigenvalue weighted by molar-refractivity contribution is 0.0996. The molecule has 2 aromatic rings. The van der Waals surface area contributed by atoms with Crippen LogP contribution in [0.4, 0.5) is 22.1 Å². The number of hydrogen-bond acceptors (Lipinski definition) is 7. The van der Waals surface area contributed by atoms with Crippen LogP contribution in [0.3, 0.4) is 0 Å². The zero-order valence-electron chi connectivity index (χ0n) is 22.1. The highest BCUT2D eigenvalue weighted by molar-refractivity contribution is 5.96. The van der Waals surface area contributed by atoms with E-state index in [1.807, 2.05) is 24.1 Å². The molecule has 5 rings (SSSR count). The fraction of sp³-hybridized carbons (Fsp3) is 0.500. The molecule has 10 heteroatoms. The molecule has 0 radical (unpaired) electrons. The van der Waals surface area contributed by atoms with Crippen molar-refractivity contribution < 1.29 is 9.59 Å². The summed E-state index contributed by atoms with van der Waals surface area (Å²) < 4.78 is 0. The number of benzene rings is 1. The monoisotopic (exact) mass is 518 g/mol. The first-order chi connectivity index (χ1) is 18.3. The van der Waals surface area contributed by atoms with E-state index < -0.39 is 5.91 Å². The third kappa shape index (κ3) is 5.60. The molecule has 0 spiro atoms. The van der Waals surface area contributed by atoms with Gasteiger partial charge >= 0.3 is 6.03 Å². The molecule has 10 nitrogen and oxygen atoms in total. The summed E-state index contributed by atoms with van der Waals surface area (Å²) in [6, 6.07) is 8.60. The van der Waals surface area contributed by atoms with Gasteiger partial charge in [-0.1, -0.05) is 24.3 Å². The van der Waals surface area contributed by atoms with Gasteiger partial charge in [0.05, 0.1) is 12.2 Å². The van der Waals surface area contributed by atoms with Gasteiger partial charge in [0.25, 0.3) is 5.91 Å². The molecule has 3 amide bonds. The Bertz CT molecular complexity index is 1200. The molecule has 0 bridgehead atoms. The standard InChI is InChI=1S/C28H38N8O2/c1-18-14-20(5-8-21(29)15-18)19-6-9-22(10-7-19)32-27-25(26(30)37)31-16-24(33-27)35-11-3-4-23(17-35)36-13-12-34(2)28(36)38/h6-7,9-10,16,20-21,23H,1,3-5,8,11-15,17,29H2,2H3,(H2,30,37)(H,32,33)/t20-,21+,23+/m0/s1. The lowest BCUT2D eigenvalue weighted by Crippen LogP contribution is -2.49. The molecule has 38 heavy (non-hydrogen) atoms. The van der Waals surface area contributed by atoms with Crippen molar-refractivity contribution in [2.75, 3.05) is 43.4 Å². The van der Waals surface area contributed by atoms with Crippen molar-refractivity contribution in [1.82, 2.24) is 19.8 Å². The molecule has 2 saturated heterocycles. The number of nitrogens with two attached hydrogens (primary N) is 2. The van der Waals surface area contributed by atoms with E-state index in [-0.39, 0.29) is 23.8 Å². The van der Waals surface area contributed by atoms with Gasteiger partial charge in [-0.2, -0.15) is 0 Å². The first kappa shape index (κ1) is 26.0. The van der Waals surface area contributed by atoms with Crippen molar-refractivity contribution in [3.63, 3.8) is 0 Å². The predicted octanol–water partition coefficient (Wildman–Crippen LogP) is 3.20. The minimum absolute atomic E-state index is 0.0776. The summed E-state index contributed by atoms with van der Waals surface area (Å²) in [5.74, 6) is 0.755. The molecule has 3 fully saturated rings. The van der Waals surface area contributed by atoms with Crippen LogP contribution in [-0.4, -0.2) is 77.0 Å². The number of aromatic nitrogens is 2. The van der Waals surface area contributed by atoms with Gasteiger partial charge in [-0.25, -0.2) is 14.8 Å². The Morgan fingerprint density at radius 3 is 2.61 bits per heavy atom. The average molecular weight is 519 g/mol. The van der Waals surface area contributed by atoms with E-state index in [1.165, 1.54) is 11.1 Å². The summed E-state index contributed by atoms with van der Waals surface area (Å²) in [6.45, 7) is 7.18. The van der Waals surface area contributed by atoms with Crippen LogP contribution in [0, 0.1) is 0 Å². The number of primary amides is 1. The zero-order chi connectivity index (χ0) is 26.8. The summed E-state index contributed by atoms with van der Waals surface area (Å²) in [6.07, 6.45) is 7.38. The van der Waals surface area contributed by atoms with Crippen LogP contribution in [0.1, 0.15) is 60.5 Å². The SMILES string of the molecule is C=C1C[C@H](N)CC[C@H](c2ccc(Nc3nc(N4CCC[C@@H](N5CCN(C)C5=O)C4)cnc3C(N)=O)cc2)C1. The highest BCUT2D eigenvalue weighted by Gasteiger charge is 2.34. The van der Waals surface area contributed by atoms with Crippen molar-refractivity contribution in [2.24, 2.45) is 11.5 Å². The van der Waals surface area contributed by atoms with Gasteiger partial charge < -0.3 is 31.5 Å². The molecular weight excluding hydrogens is 480 g/mol. The van der Waals surface area contributed by atoms with Gasteiger partial charge in [-0.15, -0.1) is 0 Å². The normalized spacial score (nSPS) is 24.5. The van der Waals surface area contributed by atoms with Crippen LogP contribution in [-0.2, 0) is 0 Å². The van der Waals surface area contributed by atoms with Gasteiger partial charge in [-0.05, 0) is 62.1 Å². The second-order valence-electron chi connectivity index (χ2n) is 10.9. The van der Waals surface area contributed by atoms with E-state index in [4.69, 9.17) is 16.5 Å². The number of likely N-dealkylation sites (N-methyl/N-ethyl adjacent to an activating group) is 1. The van der Waals surface area contributed by atoms with Crippen LogP contribution in [0.25, 0.3) is 0 Å². The topological polar surface area (TPSA) is 134 Å². The number of hydrogen-bond donors (Lipinski definition) is 3. The number of rotatable bonds is 6. The van der Waals surface area contributed by atoms with Crippen molar-refractivity contribution in [1.29, 1.82) is 0 Å². The Balaban J connectivity index is 1.32. The Morgan fingerprint density at radius 1 is 1.11 bits per heavy atom. The second kappa shape index (κ2) is 11.0. The minimum Gasteiger partial charge on any atom is -0.364 e. The van der Waals surface area contributed by atoms with Gasteiger partial charge in [0.15, 0.2) is 11.5 Å². The lowest BCUT2D eigenvalue weighted by Gasteiger charge is -2.37. The first-order valence-electron chi connectivity index (χ1n) is 13.5. The number of carbonyl (C=O) groups excluding carboxylic acids is 2. The molecule has 0 unspecified atom stereocenters. The lowest BCUT2D eigenvalue weighted by atomic mass is 9.90. The summed E-state index contributed by atoms with van der Waals surface area (Å²) in [5.41, 5.74) is 15.2. The number of carbonyl (C=O) groups is 2. The second-order valence-corrected chi connectivity index (χ2v) is 10.9. The van der Waals surface area contributed by atoms with Crippen molar-refractivity contribution in [3.8, 4) is 0 Å². The summed E-state index contributed by atoms with van der Waals surface area (Å²) in [5, 5.41) is 3.26. The quantitative estimate of drug-likeness (QED) is 0.395. The molecule has 1 saturated carbocycles. The van der Waals surface area contributed by atoms with Crippen molar-refractivity contribution in [2.45, 2.75) is 56.5 Å². The number of nitrogens with zero attached hydrogens (tertiary/aromatic N) is 5. The molecule has 5 N–H and O–H groups in total. The van der Waals surface area contributed by atoms with Gasteiger partial charge in [-0.3, -0.25) is 4.79 Å². The minimum atomic E-state index is -0.640. The Labute approximate surface area is 224 Å². The number of urea groups is 1. The molecule has 3 heterocycles. The third-order valence-electron chi connectivity index (χ3n) is 8.02. The van der Waals surface area contributed by atoms with Crippen LogP contribution in [0.2, 0.25) is 0 Å². The smallest absolute Gasteiger partial charge is 0.320 e. The first-order valence-corrected chi connectivity index (χ1v) is 13.5. The van der Waals surface area contributed by atoms with E-state index in [0.29, 0.717) is 24.1 Å². The fourth-order valence-electron chi connectivity index (χ4n) is 5.91. The Kier molecular flexibility index (Phi) is 7.51. The average Bonchev–Trinajstić information content (AvgIpc) is 3.13. The number of piperidine rings is 1. The van der Waals surface area contributed by atoms with Crippen molar-refractivity contribution >= 4 is 29.3 Å². The van der Waals surface area contributed by atoms with Crippen LogP contribution < -0.4 is 21.7 Å². The van der Waals surface area contributed by atoms with E-state index in [1.54, 1.807) is 11.1 Å². The summed E-state index contributed by atoms with van der Waals surface area (Å²) in [7, 11) is 1.84. The Morgan fingerprint density at radius 2 is 1.89 bits per heavy atom.